The van der Waals surface area contributed by atoms with Crippen LogP contribution < -0.4 is 5.32 Å². The Bertz CT molecular complexity index is 532. The summed E-state index contributed by atoms with van der Waals surface area (Å²) in [6, 6.07) is 7.95. The van der Waals surface area contributed by atoms with Crippen molar-refractivity contribution in [2.24, 2.45) is 0 Å². The Morgan fingerprint density at radius 1 is 1.12 bits per heavy atom. The third kappa shape index (κ3) is 2.54. The first-order chi connectivity index (χ1) is 8.02. The van der Waals surface area contributed by atoms with E-state index in [1.807, 2.05) is 31.2 Å². The first-order valence-electron chi connectivity index (χ1n) is 6.03. The Balaban J connectivity index is 2.44. The van der Waals surface area contributed by atoms with Crippen molar-refractivity contribution in [2.75, 3.05) is 5.32 Å². The molecule has 0 bridgehead atoms. The van der Waals surface area contributed by atoms with Gasteiger partial charge in [-0.3, -0.25) is 0 Å². The molecule has 0 amide bonds. The fraction of sp³-hybridized carbons (Fsp3) is 0.429. The number of benzene rings is 1. The molecule has 0 saturated heterocycles. The second kappa shape index (κ2) is 4.32. The van der Waals surface area contributed by atoms with Gasteiger partial charge in [-0.05, 0) is 39.3 Å². The predicted octanol–water partition coefficient (Wildman–Crippen LogP) is 3.54. The van der Waals surface area contributed by atoms with E-state index in [2.05, 4.69) is 36.1 Å². The minimum Gasteiger partial charge on any atom is -0.364 e. The maximum Gasteiger partial charge on any atom is 0.148 e. The summed E-state index contributed by atoms with van der Waals surface area (Å²) in [5.74, 6) is 0.885. The number of aryl methyl sites for hydroxylation is 1. The molecule has 1 aromatic heterocycles. The summed E-state index contributed by atoms with van der Waals surface area (Å²) in [5, 5.41) is 3.45. The van der Waals surface area contributed by atoms with Crippen LogP contribution in [-0.2, 0) is 0 Å². The molecule has 0 fully saturated rings. The van der Waals surface area contributed by atoms with E-state index < -0.39 is 0 Å². The average molecular weight is 229 g/mol. The second-order valence-corrected chi connectivity index (χ2v) is 5.01. The van der Waals surface area contributed by atoms with Crippen LogP contribution in [0.1, 0.15) is 32.9 Å². The summed E-state index contributed by atoms with van der Waals surface area (Å²) in [6.45, 7) is 8.50. The fourth-order valence-electron chi connectivity index (χ4n) is 1.62. The van der Waals surface area contributed by atoms with E-state index in [9.17, 15) is 0 Å². The molecule has 1 aromatic carbocycles. The summed E-state index contributed by atoms with van der Waals surface area (Å²) < 4.78 is 0. The highest BCUT2D eigenvalue weighted by atomic mass is 15.1. The minimum absolute atomic E-state index is 0.0435. The molecule has 2 rings (SSSR count). The normalized spacial score (nSPS) is 11.8. The van der Waals surface area contributed by atoms with Crippen molar-refractivity contribution >= 4 is 16.9 Å². The van der Waals surface area contributed by atoms with E-state index in [1.165, 1.54) is 0 Å². The molecule has 0 radical (unpaired) electrons. The SMILES string of the molecule is CCC(C)(C)Nc1nc2ccccc2nc1C. The molecule has 0 atom stereocenters. The summed E-state index contributed by atoms with van der Waals surface area (Å²) in [7, 11) is 0. The molecule has 2 aromatic rings. The average Bonchev–Trinajstić information content (AvgIpc) is 2.30. The molecule has 1 N–H and O–H groups in total. The van der Waals surface area contributed by atoms with E-state index >= 15 is 0 Å². The van der Waals surface area contributed by atoms with E-state index in [4.69, 9.17) is 0 Å². The van der Waals surface area contributed by atoms with Gasteiger partial charge >= 0.3 is 0 Å². The van der Waals surface area contributed by atoms with Crippen LogP contribution in [0.15, 0.2) is 24.3 Å². The molecule has 0 saturated carbocycles. The maximum absolute atomic E-state index is 4.63. The van der Waals surface area contributed by atoms with E-state index in [0.29, 0.717) is 0 Å². The van der Waals surface area contributed by atoms with E-state index in [1.54, 1.807) is 0 Å². The lowest BCUT2D eigenvalue weighted by molar-refractivity contribution is 0.544. The van der Waals surface area contributed by atoms with E-state index in [0.717, 1.165) is 29.0 Å². The van der Waals surface area contributed by atoms with Crippen LogP contribution in [0.4, 0.5) is 5.82 Å². The van der Waals surface area contributed by atoms with Crippen LogP contribution in [0, 0.1) is 6.92 Å². The predicted molar refractivity (Wildman–Crippen MR) is 72.3 cm³/mol. The molecule has 0 unspecified atom stereocenters. The van der Waals surface area contributed by atoms with Gasteiger partial charge in [-0.15, -0.1) is 0 Å². The number of nitrogens with one attached hydrogen (secondary N) is 1. The summed E-state index contributed by atoms with van der Waals surface area (Å²) in [4.78, 5) is 9.20. The maximum atomic E-state index is 4.63. The molecular weight excluding hydrogens is 210 g/mol. The lowest BCUT2D eigenvalue weighted by Gasteiger charge is -2.26. The molecule has 90 valence electrons. The van der Waals surface area contributed by atoms with Gasteiger partial charge in [0.25, 0.3) is 0 Å². The first kappa shape index (κ1) is 11.8. The van der Waals surface area contributed by atoms with Gasteiger partial charge in [0.2, 0.25) is 0 Å². The molecule has 3 heteroatoms. The second-order valence-electron chi connectivity index (χ2n) is 5.01. The van der Waals surface area contributed by atoms with Gasteiger partial charge in [-0.2, -0.15) is 0 Å². The quantitative estimate of drug-likeness (QED) is 0.874. The number of nitrogens with zero attached hydrogens (tertiary/aromatic N) is 2. The summed E-state index contributed by atoms with van der Waals surface area (Å²) in [6.07, 6.45) is 1.04. The molecule has 0 aliphatic carbocycles. The van der Waals surface area contributed by atoms with Gasteiger partial charge in [-0.1, -0.05) is 19.1 Å². The first-order valence-corrected chi connectivity index (χ1v) is 6.03. The summed E-state index contributed by atoms with van der Waals surface area (Å²) in [5.41, 5.74) is 2.88. The van der Waals surface area contributed by atoms with Crippen molar-refractivity contribution in [3.05, 3.63) is 30.0 Å². The Hall–Kier alpha value is -1.64. The van der Waals surface area contributed by atoms with Crippen molar-refractivity contribution in [2.45, 2.75) is 39.7 Å². The third-order valence-corrected chi connectivity index (χ3v) is 3.09. The van der Waals surface area contributed by atoms with Crippen molar-refractivity contribution in [3.8, 4) is 0 Å². The van der Waals surface area contributed by atoms with Crippen LogP contribution in [0.3, 0.4) is 0 Å². The van der Waals surface area contributed by atoms with E-state index in [-0.39, 0.29) is 5.54 Å². The highest BCUT2D eigenvalue weighted by Crippen LogP contribution is 2.21. The number of aromatic nitrogens is 2. The number of rotatable bonds is 3. The lowest BCUT2D eigenvalue weighted by atomic mass is 10.0. The largest absolute Gasteiger partial charge is 0.364 e. The van der Waals surface area contributed by atoms with Gasteiger partial charge in [-0.25, -0.2) is 9.97 Å². The topological polar surface area (TPSA) is 37.8 Å². The minimum atomic E-state index is 0.0435. The van der Waals surface area contributed by atoms with Gasteiger partial charge in [0.15, 0.2) is 0 Å². The van der Waals surface area contributed by atoms with Crippen molar-refractivity contribution in [1.82, 2.24) is 9.97 Å². The van der Waals surface area contributed by atoms with Crippen LogP contribution >= 0.6 is 0 Å². The molecule has 3 nitrogen and oxygen atoms in total. The summed E-state index contributed by atoms with van der Waals surface area (Å²) >= 11 is 0. The Morgan fingerprint density at radius 2 is 1.71 bits per heavy atom. The zero-order chi connectivity index (χ0) is 12.5. The van der Waals surface area contributed by atoms with Crippen molar-refractivity contribution < 1.29 is 0 Å². The zero-order valence-electron chi connectivity index (χ0n) is 10.9. The molecule has 0 aliphatic heterocycles. The molecule has 17 heavy (non-hydrogen) atoms. The number of hydrogen-bond acceptors (Lipinski definition) is 3. The van der Waals surface area contributed by atoms with Gasteiger partial charge < -0.3 is 5.32 Å². The fourth-order valence-corrected chi connectivity index (χ4v) is 1.62. The van der Waals surface area contributed by atoms with Crippen LogP contribution in [-0.4, -0.2) is 15.5 Å². The van der Waals surface area contributed by atoms with Crippen LogP contribution in [0.5, 0.6) is 0 Å². The molecule has 0 spiro atoms. The monoisotopic (exact) mass is 229 g/mol. The molecule has 1 heterocycles. The van der Waals surface area contributed by atoms with Gasteiger partial charge in [0.05, 0.1) is 16.7 Å². The highest BCUT2D eigenvalue weighted by Gasteiger charge is 2.16. The third-order valence-electron chi connectivity index (χ3n) is 3.09. The Labute approximate surface area is 102 Å². The van der Waals surface area contributed by atoms with Crippen molar-refractivity contribution in [1.29, 1.82) is 0 Å². The zero-order valence-corrected chi connectivity index (χ0v) is 10.9. The van der Waals surface area contributed by atoms with Gasteiger partial charge in [0.1, 0.15) is 5.82 Å². The van der Waals surface area contributed by atoms with Crippen molar-refractivity contribution in [3.63, 3.8) is 0 Å². The lowest BCUT2D eigenvalue weighted by Crippen LogP contribution is -2.30. The Kier molecular flexibility index (Phi) is 3.01. The highest BCUT2D eigenvalue weighted by molar-refractivity contribution is 5.76. The molecule has 0 aliphatic rings. The van der Waals surface area contributed by atoms with Crippen LogP contribution in [0.25, 0.3) is 11.0 Å². The molecular formula is C14H19N3. The number of para-hydroxylation sites is 2. The Morgan fingerprint density at radius 3 is 2.29 bits per heavy atom. The van der Waals surface area contributed by atoms with Gasteiger partial charge in [0, 0.05) is 5.54 Å². The number of hydrogen-bond donors (Lipinski definition) is 1. The smallest absolute Gasteiger partial charge is 0.148 e. The number of fused-ring (bicyclic) bond motifs is 1. The number of anilines is 1. The standard InChI is InChI=1S/C14H19N3/c1-5-14(3,4)17-13-10(2)15-11-8-6-7-9-12(11)16-13/h6-9H,5H2,1-4H3,(H,16,17). The van der Waals surface area contributed by atoms with Crippen LogP contribution in [0.2, 0.25) is 0 Å².